The topological polar surface area (TPSA) is 38.3 Å². The van der Waals surface area contributed by atoms with Crippen LogP contribution in [0.5, 0.6) is 5.75 Å². The van der Waals surface area contributed by atoms with Crippen molar-refractivity contribution < 1.29 is 9.53 Å². The normalized spacial score (nSPS) is 15.4. The first-order chi connectivity index (χ1) is 9.29. The van der Waals surface area contributed by atoms with E-state index < -0.39 is 0 Å². The SMILES string of the molecule is CCCCOc1cccc(C(=O)NC2CCCC2)c1. The van der Waals surface area contributed by atoms with E-state index in [1.54, 1.807) is 0 Å². The average molecular weight is 261 g/mol. The molecule has 0 aromatic heterocycles. The van der Waals surface area contributed by atoms with Crippen molar-refractivity contribution in [1.29, 1.82) is 0 Å². The van der Waals surface area contributed by atoms with E-state index in [0.717, 1.165) is 31.4 Å². The fourth-order valence-corrected chi connectivity index (χ4v) is 2.40. The number of hydrogen-bond donors (Lipinski definition) is 1. The van der Waals surface area contributed by atoms with Gasteiger partial charge in [-0.05, 0) is 37.5 Å². The van der Waals surface area contributed by atoms with Crippen LogP contribution in [-0.4, -0.2) is 18.6 Å². The van der Waals surface area contributed by atoms with Gasteiger partial charge in [0.25, 0.3) is 5.91 Å². The summed E-state index contributed by atoms with van der Waals surface area (Å²) < 4.78 is 5.63. The van der Waals surface area contributed by atoms with Gasteiger partial charge in [-0.25, -0.2) is 0 Å². The fourth-order valence-electron chi connectivity index (χ4n) is 2.40. The molecule has 0 bridgehead atoms. The summed E-state index contributed by atoms with van der Waals surface area (Å²) in [7, 11) is 0. The Kier molecular flexibility index (Phi) is 5.25. The van der Waals surface area contributed by atoms with Crippen molar-refractivity contribution in [1.82, 2.24) is 5.32 Å². The molecule has 0 saturated heterocycles. The van der Waals surface area contributed by atoms with Gasteiger partial charge in [0.1, 0.15) is 5.75 Å². The first kappa shape index (κ1) is 13.9. The van der Waals surface area contributed by atoms with Gasteiger partial charge in [0.05, 0.1) is 6.61 Å². The zero-order valence-electron chi connectivity index (χ0n) is 11.7. The number of carbonyl (C=O) groups excluding carboxylic acids is 1. The van der Waals surface area contributed by atoms with Crippen molar-refractivity contribution in [3.05, 3.63) is 29.8 Å². The first-order valence-corrected chi connectivity index (χ1v) is 7.33. The zero-order valence-corrected chi connectivity index (χ0v) is 11.7. The second-order valence-corrected chi connectivity index (χ2v) is 5.18. The molecule has 1 fully saturated rings. The predicted molar refractivity (Wildman–Crippen MR) is 76.6 cm³/mol. The molecule has 0 spiro atoms. The maximum atomic E-state index is 12.1. The Hall–Kier alpha value is -1.51. The van der Waals surface area contributed by atoms with Crippen LogP contribution in [0.3, 0.4) is 0 Å². The van der Waals surface area contributed by atoms with Gasteiger partial charge in [-0.1, -0.05) is 32.3 Å². The van der Waals surface area contributed by atoms with E-state index in [2.05, 4.69) is 12.2 Å². The Morgan fingerprint density at radius 2 is 2.16 bits per heavy atom. The molecule has 1 aromatic rings. The van der Waals surface area contributed by atoms with Gasteiger partial charge in [-0.2, -0.15) is 0 Å². The first-order valence-electron chi connectivity index (χ1n) is 7.33. The summed E-state index contributed by atoms with van der Waals surface area (Å²) in [5.74, 6) is 0.806. The smallest absolute Gasteiger partial charge is 0.251 e. The van der Waals surface area contributed by atoms with Crippen LogP contribution in [0, 0.1) is 0 Å². The summed E-state index contributed by atoms with van der Waals surface area (Å²) >= 11 is 0. The van der Waals surface area contributed by atoms with Crippen molar-refractivity contribution in [2.45, 2.75) is 51.5 Å². The molecule has 1 aliphatic rings. The van der Waals surface area contributed by atoms with Gasteiger partial charge >= 0.3 is 0 Å². The largest absolute Gasteiger partial charge is 0.494 e. The summed E-state index contributed by atoms with van der Waals surface area (Å²) in [6.45, 7) is 2.85. The highest BCUT2D eigenvalue weighted by atomic mass is 16.5. The molecule has 1 aliphatic carbocycles. The van der Waals surface area contributed by atoms with Gasteiger partial charge in [0.15, 0.2) is 0 Å². The molecule has 1 saturated carbocycles. The molecule has 19 heavy (non-hydrogen) atoms. The van der Waals surface area contributed by atoms with E-state index in [1.807, 2.05) is 24.3 Å². The van der Waals surface area contributed by atoms with Crippen LogP contribution in [0.4, 0.5) is 0 Å². The molecular formula is C16H23NO2. The molecule has 0 heterocycles. The van der Waals surface area contributed by atoms with Crippen LogP contribution in [0.25, 0.3) is 0 Å². The zero-order chi connectivity index (χ0) is 13.5. The summed E-state index contributed by atoms with van der Waals surface area (Å²) in [6, 6.07) is 7.82. The minimum absolute atomic E-state index is 0.0211. The number of unbranched alkanes of at least 4 members (excludes halogenated alkanes) is 1. The standard InChI is InChI=1S/C16H23NO2/c1-2-3-11-19-15-10-6-7-13(12-15)16(18)17-14-8-4-5-9-14/h6-7,10,12,14H,2-5,8-9,11H2,1H3,(H,17,18). The molecule has 3 heteroatoms. The lowest BCUT2D eigenvalue weighted by Gasteiger charge is -2.12. The summed E-state index contributed by atoms with van der Waals surface area (Å²) in [6.07, 6.45) is 6.83. The monoisotopic (exact) mass is 261 g/mol. The molecular weight excluding hydrogens is 238 g/mol. The van der Waals surface area contributed by atoms with Crippen LogP contribution in [0.1, 0.15) is 55.8 Å². The van der Waals surface area contributed by atoms with E-state index in [0.29, 0.717) is 18.2 Å². The third-order valence-corrected chi connectivity index (χ3v) is 3.55. The molecule has 0 unspecified atom stereocenters. The highest BCUT2D eigenvalue weighted by Gasteiger charge is 2.18. The van der Waals surface area contributed by atoms with E-state index >= 15 is 0 Å². The van der Waals surface area contributed by atoms with Crippen LogP contribution in [-0.2, 0) is 0 Å². The summed E-state index contributed by atoms with van der Waals surface area (Å²) in [4.78, 5) is 12.1. The predicted octanol–water partition coefficient (Wildman–Crippen LogP) is 3.54. The number of amides is 1. The third-order valence-electron chi connectivity index (χ3n) is 3.55. The second-order valence-electron chi connectivity index (χ2n) is 5.18. The molecule has 3 nitrogen and oxygen atoms in total. The molecule has 2 rings (SSSR count). The Morgan fingerprint density at radius 3 is 2.89 bits per heavy atom. The minimum atomic E-state index is 0.0211. The van der Waals surface area contributed by atoms with Crippen molar-refractivity contribution in [2.24, 2.45) is 0 Å². The van der Waals surface area contributed by atoms with Crippen molar-refractivity contribution >= 4 is 5.91 Å². The summed E-state index contributed by atoms with van der Waals surface area (Å²) in [5, 5.41) is 3.10. The Balaban J connectivity index is 1.91. The molecule has 0 radical (unpaired) electrons. The van der Waals surface area contributed by atoms with E-state index in [4.69, 9.17) is 4.74 Å². The number of carbonyl (C=O) groups is 1. The number of nitrogens with one attached hydrogen (secondary N) is 1. The second kappa shape index (κ2) is 7.17. The Morgan fingerprint density at radius 1 is 1.37 bits per heavy atom. The van der Waals surface area contributed by atoms with Gasteiger partial charge in [0.2, 0.25) is 0 Å². The maximum absolute atomic E-state index is 12.1. The van der Waals surface area contributed by atoms with Crippen LogP contribution >= 0.6 is 0 Å². The number of benzene rings is 1. The van der Waals surface area contributed by atoms with Gasteiger partial charge < -0.3 is 10.1 Å². The van der Waals surface area contributed by atoms with Gasteiger partial charge in [0, 0.05) is 11.6 Å². The van der Waals surface area contributed by atoms with Crippen LogP contribution < -0.4 is 10.1 Å². The number of hydrogen-bond acceptors (Lipinski definition) is 2. The van der Waals surface area contributed by atoms with Gasteiger partial charge in [-0.3, -0.25) is 4.79 Å². The lowest BCUT2D eigenvalue weighted by molar-refractivity contribution is 0.0937. The Bertz CT molecular complexity index is 411. The number of rotatable bonds is 6. The molecule has 0 aliphatic heterocycles. The average Bonchev–Trinajstić information content (AvgIpc) is 2.92. The molecule has 104 valence electrons. The molecule has 0 atom stereocenters. The van der Waals surface area contributed by atoms with Crippen molar-refractivity contribution in [3.8, 4) is 5.75 Å². The highest BCUT2D eigenvalue weighted by Crippen LogP contribution is 2.19. The third kappa shape index (κ3) is 4.27. The fraction of sp³-hybridized carbons (Fsp3) is 0.562. The van der Waals surface area contributed by atoms with E-state index in [9.17, 15) is 4.79 Å². The molecule has 1 aromatic carbocycles. The van der Waals surface area contributed by atoms with Crippen molar-refractivity contribution in [2.75, 3.05) is 6.61 Å². The maximum Gasteiger partial charge on any atom is 0.251 e. The highest BCUT2D eigenvalue weighted by molar-refractivity contribution is 5.94. The van der Waals surface area contributed by atoms with Gasteiger partial charge in [-0.15, -0.1) is 0 Å². The molecule has 1 amide bonds. The lowest BCUT2D eigenvalue weighted by atomic mass is 10.1. The molecule has 1 N–H and O–H groups in total. The minimum Gasteiger partial charge on any atom is -0.494 e. The van der Waals surface area contributed by atoms with Crippen LogP contribution in [0.15, 0.2) is 24.3 Å². The van der Waals surface area contributed by atoms with E-state index in [1.165, 1.54) is 12.8 Å². The lowest BCUT2D eigenvalue weighted by Crippen LogP contribution is -2.32. The van der Waals surface area contributed by atoms with Crippen LogP contribution in [0.2, 0.25) is 0 Å². The summed E-state index contributed by atoms with van der Waals surface area (Å²) in [5.41, 5.74) is 0.695. The quantitative estimate of drug-likeness (QED) is 0.795. The van der Waals surface area contributed by atoms with Crippen molar-refractivity contribution in [3.63, 3.8) is 0 Å². The number of ether oxygens (including phenoxy) is 1. The van der Waals surface area contributed by atoms with E-state index in [-0.39, 0.29) is 5.91 Å². The Labute approximate surface area is 115 Å².